The summed E-state index contributed by atoms with van der Waals surface area (Å²) in [4.78, 5) is 4.76. The van der Waals surface area contributed by atoms with Crippen LogP contribution in [-0.2, 0) is 0 Å². The first kappa shape index (κ1) is 23.1. The van der Waals surface area contributed by atoms with Crippen LogP contribution in [0.15, 0.2) is 146 Å². The van der Waals surface area contributed by atoms with Gasteiger partial charge in [0, 0.05) is 28.9 Å². The molecule has 6 aromatic carbocycles. The van der Waals surface area contributed by atoms with Crippen LogP contribution in [0.1, 0.15) is 0 Å². The molecule has 42 heavy (non-hydrogen) atoms. The van der Waals surface area contributed by atoms with Gasteiger partial charge >= 0.3 is 0 Å². The van der Waals surface area contributed by atoms with Gasteiger partial charge in [-0.05, 0) is 80.4 Å². The lowest BCUT2D eigenvalue weighted by Gasteiger charge is -2.22. The summed E-state index contributed by atoms with van der Waals surface area (Å²) in [6.45, 7) is 0. The highest BCUT2D eigenvalue weighted by atomic mass is 16.5. The van der Waals surface area contributed by atoms with Crippen molar-refractivity contribution in [2.75, 3.05) is 0 Å². The summed E-state index contributed by atoms with van der Waals surface area (Å²) in [5.74, 6) is 1.83. The van der Waals surface area contributed by atoms with Crippen LogP contribution >= 0.6 is 0 Å². The lowest BCUT2D eigenvalue weighted by atomic mass is 9.90. The molecule has 3 heteroatoms. The predicted octanol–water partition coefficient (Wildman–Crippen LogP) is 10.4. The smallest absolute Gasteiger partial charge is 0.137 e. The third-order valence-corrected chi connectivity index (χ3v) is 8.43. The highest BCUT2D eigenvalue weighted by molar-refractivity contribution is 6.10. The normalized spacial score (nSPS) is 12.0. The number of para-hydroxylation sites is 1. The Morgan fingerprint density at radius 2 is 1.24 bits per heavy atom. The summed E-state index contributed by atoms with van der Waals surface area (Å²) >= 11 is 0. The van der Waals surface area contributed by atoms with Gasteiger partial charge in [-0.15, -0.1) is 0 Å². The van der Waals surface area contributed by atoms with Crippen LogP contribution in [-0.4, -0.2) is 9.38 Å². The molecule has 0 saturated heterocycles. The SMILES string of the molecule is c1ccc2c(c1)Oc1ccc(-c3ccc4cc(-c5ccc(-c6cn7ccccc7n6)cc5)ccc4c3)c3cccc-2c13. The Bertz CT molecular complexity index is 2300. The minimum Gasteiger partial charge on any atom is -0.456 e. The molecule has 1 aliphatic heterocycles. The van der Waals surface area contributed by atoms with Crippen LogP contribution in [0.25, 0.3) is 71.8 Å². The van der Waals surface area contributed by atoms with E-state index in [2.05, 4.69) is 114 Å². The van der Waals surface area contributed by atoms with Crippen molar-refractivity contribution >= 4 is 27.2 Å². The van der Waals surface area contributed by atoms with Crippen molar-refractivity contribution in [1.82, 2.24) is 9.38 Å². The maximum atomic E-state index is 6.31. The number of ether oxygens (including phenoxy) is 1. The van der Waals surface area contributed by atoms with Gasteiger partial charge in [-0.1, -0.05) is 97.1 Å². The zero-order valence-corrected chi connectivity index (χ0v) is 22.7. The van der Waals surface area contributed by atoms with Crippen molar-refractivity contribution in [3.63, 3.8) is 0 Å². The quantitative estimate of drug-likeness (QED) is 0.225. The molecule has 3 nitrogen and oxygen atoms in total. The first-order valence-electron chi connectivity index (χ1n) is 14.2. The second kappa shape index (κ2) is 8.92. The number of rotatable bonds is 3. The van der Waals surface area contributed by atoms with Gasteiger partial charge in [0.15, 0.2) is 0 Å². The number of hydrogen-bond acceptors (Lipinski definition) is 2. The Morgan fingerprint density at radius 1 is 0.500 bits per heavy atom. The molecule has 8 aromatic rings. The van der Waals surface area contributed by atoms with Gasteiger partial charge in [0.2, 0.25) is 0 Å². The first-order chi connectivity index (χ1) is 20.8. The van der Waals surface area contributed by atoms with Crippen molar-refractivity contribution in [3.05, 3.63) is 146 Å². The van der Waals surface area contributed by atoms with Crippen LogP contribution in [0.2, 0.25) is 0 Å². The number of hydrogen-bond donors (Lipinski definition) is 0. The van der Waals surface area contributed by atoms with E-state index in [9.17, 15) is 0 Å². The summed E-state index contributed by atoms with van der Waals surface area (Å²) in [6, 6.07) is 47.4. The largest absolute Gasteiger partial charge is 0.456 e. The minimum atomic E-state index is 0.914. The van der Waals surface area contributed by atoms with Crippen molar-refractivity contribution in [3.8, 4) is 56.1 Å². The van der Waals surface area contributed by atoms with Gasteiger partial charge in [0.05, 0.1) is 5.69 Å². The zero-order chi connectivity index (χ0) is 27.6. The molecule has 0 fully saturated rings. The molecule has 196 valence electrons. The Balaban J connectivity index is 1.07. The topological polar surface area (TPSA) is 26.5 Å². The zero-order valence-electron chi connectivity index (χ0n) is 22.7. The summed E-state index contributed by atoms with van der Waals surface area (Å²) in [5.41, 5.74) is 10.2. The fourth-order valence-corrected chi connectivity index (χ4v) is 6.33. The molecule has 0 radical (unpaired) electrons. The molecule has 0 N–H and O–H groups in total. The van der Waals surface area contributed by atoms with E-state index in [1.54, 1.807) is 0 Å². The average molecular weight is 537 g/mol. The van der Waals surface area contributed by atoms with E-state index >= 15 is 0 Å². The maximum absolute atomic E-state index is 6.31. The Labute approximate surface area is 242 Å². The highest BCUT2D eigenvalue weighted by Gasteiger charge is 2.21. The van der Waals surface area contributed by atoms with E-state index in [-0.39, 0.29) is 0 Å². The van der Waals surface area contributed by atoms with Crippen molar-refractivity contribution in [1.29, 1.82) is 0 Å². The second-order valence-corrected chi connectivity index (χ2v) is 10.9. The summed E-state index contributed by atoms with van der Waals surface area (Å²) in [5, 5.41) is 4.83. The van der Waals surface area contributed by atoms with Gasteiger partial charge in [0.1, 0.15) is 17.1 Å². The van der Waals surface area contributed by atoms with Crippen LogP contribution < -0.4 is 4.74 Å². The molecule has 1 aliphatic rings. The summed E-state index contributed by atoms with van der Waals surface area (Å²) in [6.07, 6.45) is 4.11. The fraction of sp³-hybridized carbons (Fsp3) is 0. The number of imidazole rings is 1. The molecule has 0 bridgehead atoms. The maximum Gasteiger partial charge on any atom is 0.137 e. The van der Waals surface area contributed by atoms with Crippen LogP contribution in [0, 0.1) is 0 Å². The standard InChI is InChI=1S/C39H24N2O/c1-2-9-36-32(6-1)34-8-5-7-33-31(19-20-37(42-36)39(33)34)30-18-17-28-22-27(15-16-29(28)23-30)25-11-13-26(14-12-25)35-24-41-21-4-3-10-38(41)40-35/h1-24H. The minimum absolute atomic E-state index is 0.914. The molecule has 0 spiro atoms. The molecule has 0 saturated carbocycles. The molecule has 0 aliphatic carbocycles. The highest BCUT2D eigenvalue weighted by Crippen LogP contribution is 2.48. The van der Waals surface area contributed by atoms with Crippen LogP contribution in [0.4, 0.5) is 0 Å². The molecular formula is C39H24N2O. The number of aromatic nitrogens is 2. The fourth-order valence-electron chi connectivity index (χ4n) is 6.33. The average Bonchev–Trinajstić information content (AvgIpc) is 3.49. The van der Waals surface area contributed by atoms with Crippen LogP contribution in [0.5, 0.6) is 11.5 Å². The lowest BCUT2D eigenvalue weighted by Crippen LogP contribution is -1.97. The molecule has 0 unspecified atom stereocenters. The first-order valence-corrected chi connectivity index (χ1v) is 14.2. The van der Waals surface area contributed by atoms with E-state index < -0.39 is 0 Å². The molecule has 3 heterocycles. The number of pyridine rings is 1. The summed E-state index contributed by atoms with van der Waals surface area (Å²) < 4.78 is 8.36. The van der Waals surface area contributed by atoms with Gasteiger partial charge in [0.25, 0.3) is 0 Å². The van der Waals surface area contributed by atoms with E-state index in [1.807, 2.05) is 36.5 Å². The Morgan fingerprint density at radius 3 is 2.12 bits per heavy atom. The second-order valence-electron chi connectivity index (χ2n) is 10.9. The number of nitrogens with zero attached hydrogens (tertiary/aromatic N) is 2. The molecular weight excluding hydrogens is 512 g/mol. The molecule has 9 rings (SSSR count). The van der Waals surface area contributed by atoms with E-state index in [0.29, 0.717) is 0 Å². The van der Waals surface area contributed by atoms with Gasteiger partial charge < -0.3 is 9.14 Å². The van der Waals surface area contributed by atoms with E-state index in [1.165, 1.54) is 49.4 Å². The third-order valence-electron chi connectivity index (χ3n) is 8.43. The Hall–Kier alpha value is -5.67. The number of benzene rings is 6. The van der Waals surface area contributed by atoms with Crippen molar-refractivity contribution in [2.24, 2.45) is 0 Å². The van der Waals surface area contributed by atoms with Gasteiger partial charge in [-0.2, -0.15) is 0 Å². The monoisotopic (exact) mass is 536 g/mol. The van der Waals surface area contributed by atoms with Crippen LogP contribution in [0.3, 0.4) is 0 Å². The molecule has 0 atom stereocenters. The van der Waals surface area contributed by atoms with Gasteiger partial charge in [-0.3, -0.25) is 0 Å². The third kappa shape index (κ3) is 3.57. The van der Waals surface area contributed by atoms with Gasteiger partial charge in [-0.25, -0.2) is 4.98 Å². The predicted molar refractivity (Wildman–Crippen MR) is 172 cm³/mol. The molecule has 0 amide bonds. The van der Waals surface area contributed by atoms with E-state index in [4.69, 9.17) is 9.72 Å². The number of fused-ring (bicyclic) bond motifs is 4. The Kier molecular flexibility index (Phi) is 4.90. The van der Waals surface area contributed by atoms with Crippen molar-refractivity contribution in [2.45, 2.75) is 0 Å². The summed E-state index contributed by atoms with van der Waals surface area (Å²) in [7, 11) is 0. The lowest BCUT2D eigenvalue weighted by molar-refractivity contribution is 0.487. The molecule has 2 aromatic heterocycles. The van der Waals surface area contributed by atoms with E-state index in [0.717, 1.165) is 34.0 Å². The van der Waals surface area contributed by atoms with Crippen molar-refractivity contribution < 1.29 is 4.74 Å².